The molecule has 5 aromatic carbocycles. The van der Waals surface area contributed by atoms with E-state index in [1.54, 1.807) is 27.2 Å². The first-order chi connectivity index (χ1) is 31.8. The molecule has 1 saturated heterocycles. The van der Waals surface area contributed by atoms with Crippen molar-refractivity contribution in [3.8, 4) is 11.5 Å². The van der Waals surface area contributed by atoms with Gasteiger partial charge in [-0.2, -0.15) is 0 Å². The van der Waals surface area contributed by atoms with E-state index in [4.69, 9.17) is 32.9 Å². The molecule has 1 aromatic heterocycles. The molecule has 7 rings (SSSR count). The molecule has 0 bridgehead atoms. The first-order valence-electron chi connectivity index (χ1n) is 21.8. The number of nitrogens with one attached hydrogen (secondary N) is 2. The average molecular weight is 921 g/mol. The number of aromatic amines is 1. The summed E-state index contributed by atoms with van der Waals surface area (Å²) < 4.78 is 47.5. The van der Waals surface area contributed by atoms with E-state index in [2.05, 4.69) is 10.3 Å². The van der Waals surface area contributed by atoms with Gasteiger partial charge in [0.05, 0.1) is 39.5 Å². The summed E-state index contributed by atoms with van der Waals surface area (Å²) in [4.78, 5) is 53.8. The maximum Gasteiger partial charge on any atom is 0.411 e. The molecule has 16 heteroatoms. The van der Waals surface area contributed by atoms with Crippen molar-refractivity contribution in [3.05, 3.63) is 171 Å². The lowest BCUT2D eigenvalue weighted by molar-refractivity contribution is -0.232. The summed E-state index contributed by atoms with van der Waals surface area (Å²) in [6, 6.07) is 37.7. The third-order valence-corrected chi connectivity index (χ3v) is 13.3. The number of benzene rings is 5. The van der Waals surface area contributed by atoms with Crippen molar-refractivity contribution in [2.75, 3.05) is 39.4 Å². The summed E-state index contributed by atoms with van der Waals surface area (Å²) in [5, 5.41) is 4.62. The number of anilines is 1. The zero-order chi connectivity index (χ0) is 47.0. The molecule has 0 saturated carbocycles. The fourth-order valence-corrected chi connectivity index (χ4v) is 9.81. The van der Waals surface area contributed by atoms with Crippen LogP contribution in [0.5, 0.6) is 11.5 Å². The number of hydrogen-bond acceptors (Lipinski definition) is 12. The van der Waals surface area contributed by atoms with Crippen molar-refractivity contribution in [3.63, 3.8) is 0 Å². The van der Waals surface area contributed by atoms with Gasteiger partial charge in [-0.05, 0) is 87.0 Å². The van der Waals surface area contributed by atoms with Gasteiger partial charge in [-0.3, -0.25) is 24.2 Å². The minimum atomic E-state index is -2.40. The molecule has 1 amide bonds. The fourth-order valence-electron chi connectivity index (χ4n) is 8.40. The quantitative estimate of drug-likeness (QED) is 0.0306. The van der Waals surface area contributed by atoms with Crippen LogP contribution in [0.2, 0.25) is 0 Å². The van der Waals surface area contributed by atoms with Crippen LogP contribution in [0.15, 0.2) is 137 Å². The molecule has 1 fully saturated rings. The van der Waals surface area contributed by atoms with Gasteiger partial charge in [-0.25, -0.2) is 14.3 Å². The van der Waals surface area contributed by atoms with Crippen LogP contribution in [0.25, 0.3) is 10.8 Å². The number of carbonyl (C=O) groups is 1. The second kappa shape index (κ2) is 21.2. The minimum Gasteiger partial charge on any atom is -0.497 e. The van der Waals surface area contributed by atoms with Crippen LogP contribution in [-0.4, -0.2) is 83.2 Å². The van der Waals surface area contributed by atoms with Gasteiger partial charge in [-0.1, -0.05) is 91.0 Å². The maximum atomic E-state index is 13.5. The molecule has 4 atom stereocenters. The maximum absolute atomic E-state index is 13.5. The van der Waals surface area contributed by atoms with Crippen LogP contribution >= 0.6 is 8.53 Å². The standard InChI is InChI=1S/C50H57N4O11P/c1-33(2)54(34(3)4)66(58)65-49(62-29-28-61-48(57)51-43-19-13-15-36-14-11-12-18-42(36)43)30-45(53-31-35(5)46(55)52-47(53)56)64-44(49)32-63-50(37-16-9-8-10-17-37,38-20-24-40(59-6)25-21-38)39-22-26-41(60-7)27-23-39/h8-27,31,33-34,44-45,58H,28-30,32H2,1-7H3,(H,51,57)(H,52,55,56)/t44-,45-,49+,66?/m1/s1. The van der Waals surface area contributed by atoms with Crippen molar-refractivity contribution in [1.29, 1.82) is 0 Å². The Morgan fingerprint density at radius 2 is 1.44 bits per heavy atom. The number of hydrogen-bond donors (Lipinski definition) is 3. The number of H-pyrrole nitrogens is 1. The Hall–Kier alpha value is -5.90. The highest BCUT2D eigenvalue weighted by atomic mass is 31.2. The van der Waals surface area contributed by atoms with Gasteiger partial charge in [0, 0.05) is 29.2 Å². The van der Waals surface area contributed by atoms with E-state index in [0.717, 1.165) is 27.5 Å². The molecule has 0 aliphatic carbocycles. The SMILES string of the molecule is COc1ccc(C(OC[C@H]2O[C@@H](n3cc(C)c(=O)[nH]c3=O)C[C@]2(OCCOC(=O)Nc2cccc3ccccc23)OP(O)N(C(C)C)C(C)C)(c2ccccc2)c2ccc(OC)cc2)cc1. The Kier molecular flexibility index (Phi) is 15.4. The number of ether oxygens (including phenoxy) is 6. The number of aryl methyl sites for hydroxylation is 1. The predicted octanol–water partition coefficient (Wildman–Crippen LogP) is 8.63. The van der Waals surface area contributed by atoms with E-state index in [9.17, 15) is 19.3 Å². The van der Waals surface area contributed by atoms with Crippen molar-refractivity contribution in [2.45, 2.75) is 76.8 Å². The van der Waals surface area contributed by atoms with Gasteiger partial charge in [0.25, 0.3) is 14.1 Å². The molecule has 348 valence electrons. The Morgan fingerprint density at radius 3 is 2.06 bits per heavy atom. The second-order valence-corrected chi connectivity index (χ2v) is 17.6. The molecule has 1 unspecified atom stereocenters. The number of fused-ring (bicyclic) bond motifs is 1. The van der Waals surface area contributed by atoms with E-state index < -0.39 is 49.6 Å². The van der Waals surface area contributed by atoms with Crippen LogP contribution in [-0.2, 0) is 29.1 Å². The van der Waals surface area contributed by atoms with Crippen molar-refractivity contribution < 1.29 is 42.6 Å². The second-order valence-electron chi connectivity index (χ2n) is 16.4. The van der Waals surface area contributed by atoms with Crippen LogP contribution in [0.4, 0.5) is 10.5 Å². The van der Waals surface area contributed by atoms with E-state index in [1.807, 2.05) is 148 Å². The molecular weight excluding hydrogens is 864 g/mol. The lowest BCUT2D eigenvalue weighted by atomic mass is 9.80. The van der Waals surface area contributed by atoms with E-state index in [0.29, 0.717) is 17.2 Å². The van der Waals surface area contributed by atoms with Crippen LogP contribution in [0, 0.1) is 6.92 Å². The topological polar surface area (TPSA) is 172 Å². The Morgan fingerprint density at radius 1 is 0.848 bits per heavy atom. The molecule has 6 aromatic rings. The van der Waals surface area contributed by atoms with Crippen LogP contribution < -0.4 is 26.0 Å². The third-order valence-electron chi connectivity index (χ3n) is 11.5. The highest BCUT2D eigenvalue weighted by Crippen LogP contribution is 2.52. The summed E-state index contributed by atoms with van der Waals surface area (Å²) in [6.45, 7) is 8.67. The monoisotopic (exact) mass is 920 g/mol. The van der Waals surface area contributed by atoms with Crippen LogP contribution in [0.3, 0.4) is 0 Å². The number of carbonyl (C=O) groups excluding carboxylic acids is 1. The van der Waals surface area contributed by atoms with Gasteiger partial charge in [0.1, 0.15) is 36.0 Å². The number of aromatic nitrogens is 2. The van der Waals surface area contributed by atoms with Crippen molar-refractivity contribution >= 4 is 31.1 Å². The average Bonchev–Trinajstić information content (AvgIpc) is 3.66. The largest absolute Gasteiger partial charge is 0.497 e. The molecule has 15 nitrogen and oxygen atoms in total. The smallest absolute Gasteiger partial charge is 0.411 e. The predicted molar refractivity (Wildman–Crippen MR) is 253 cm³/mol. The number of amides is 1. The first kappa shape index (κ1) is 48.0. The van der Waals surface area contributed by atoms with E-state index >= 15 is 0 Å². The molecule has 0 spiro atoms. The minimum absolute atomic E-state index is 0.151. The van der Waals surface area contributed by atoms with E-state index in [1.165, 1.54) is 10.8 Å². The number of rotatable bonds is 19. The molecule has 2 heterocycles. The summed E-state index contributed by atoms with van der Waals surface area (Å²) in [5.74, 6) is -0.554. The zero-order valence-corrected chi connectivity index (χ0v) is 39.0. The normalized spacial score (nSPS) is 17.9. The summed E-state index contributed by atoms with van der Waals surface area (Å²) >= 11 is 0. The molecule has 0 radical (unpaired) electrons. The van der Waals surface area contributed by atoms with E-state index in [-0.39, 0.29) is 43.9 Å². The fraction of sp³-hybridized carbons (Fsp3) is 0.340. The van der Waals surface area contributed by atoms with Crippen molar-refractivity contribution in [1.82, 2.24) is 14.2 Å². The molecule has 3 N–H and O–H groups in total. The summed E-state index contributed by atoms with van der Waals surface area (Å²) in [6.07, 6.45) is -1.69. The lowest BCUT2D eigenvalue weighted by Crippen LogP contribution is -2.49. The number of nitrogens with zero attached hydrogens (tertiary/aromatic N) is 2. The molecular formula is C50H57N4O11P. The highest BCUT2D eigenvalue weighted by molar-refractivity contribution is 7.43. The molecule has 1 aliphatic heterocycles. The number of methoxy groups -OCH3 is 2. The highest BCUT2D eigenvalue weighted by Gasteiger charge is 2.56. The van der Waals surface area contributed by atoms with Gasteiger partial charge >= 0.3 is 11.8 Å². The van der Waals surface area contributed by atoms with Gasteiger partial charge in [0.2, 0.25) is 5.79 Å². The van der Waals surface area contributed by atoms with Gasteiger partial charge in [0.15, 0.2) is 0 Å². The van der Waals surface area contributed by atoms with Gasteiger partial charge < -0.3 is 33.3 Å². The Labute approximate surface area is 385 Å². The summed E-state index contributed by atoms with van der Waals surface area (Å²) in [7, 11) is 0.793. The summed E-state index contributed by atoms with van der Waals surface area (Å²) in [5.41, 5.74) is 0.545. The molecule has 66 heavy (non-hydrogen) atoms. The Bertz CT molecular complexity index is 2620. The first-order valence-corrected chi connectivity index (χ1v) is 22.9. The van der Waals surface area contributed by atoms with Gasteiger partial charge in [-0.15, -0.1) is 0 Å². The lowest BCUT2D eigenvalue weighted by Gasteiger charge is -2.41. The Balaban J connectivity index is 1.29. The van der Waals surface area contributed by atoms with Crippen molar-refractivity contribution in [2.24, 2.45) is 0 Å². The molecule has 1 aliphatic rings. The zero-order valence-electron chi connectivity index (χ0n) is 38.1. The third kappa shape index (κ3) is 10.4. The van der Waals surface area contributed by atoms with Crippen LogP contribution in [0.1, 0.15) is 62.6 Å².